The molecular formula is C22H17N3O5. The molecule has 4 rings (SSSR count). The number of phenols is 1. The van der Waals surface area contributed by atoms with E-state index in [0.717, 1.165) is 11.1 Å². The number of rotatable bonds is 4. The predicted molar refractivity (Wildman–Crippen MR) is 112 cm³/mol. The first-order chi connectivity index (χ1) is 14.3. The molecule has 0 aliphatic heterocycles. The third-order valence-electron chi connectivity index (χ3n) is 4.84. The first-order valence-corrected chi connectivity index (χ1v) is 9.09. The fraction of sp³-hybridized carbons (Fsp3) is 0.0909. The molecule has 0 bridgehead atoms. The van der Waals surface area contributed by atoms with Crippen LogP contribution in [0.5, 0.6) is 5.75 Å². The molecule has 0 aliphatic carbocycles. The van der Waals surface area contributed by atoms with Crippen molar-refractivity contribution in [3.63, 3.8) is 0 Å². The van der Waals surface area contributed by atoms with Crippen LogP contribution in [0.4, 0.5) is 11.4 Å². The van der Waals surface area contributed by atoms with E-state index in [1.54, 1.807) is 18.2 Å². The van der Waals surface area contributed by atoms with Crippen molar-refractivity contribution in [1.82, 2.24) is 4.98 Å². The number of aryl methyl sites for hydroxylation is 2. The van der Waals surface area contributed by atoms with Gasteiger partial charge in [0.05, 0.1) is 10.5 Å². The van der Waals surface area contributed by atoms with E-state index >= 15 is 0 Å². The fourth-order valence-corrected chi connectivity index (χ4v) is 3.11. The Balaban J connectivity index is 1.63. The Morgan fingerprint density at radius 3 is 2.57 bits per heavy atom. The zero-order valence-corrected chi connectivity index (χ0v) is 16.2. The van der Waals surface area contributed by atoms with Gasteiger partial charge in [-0.1, -0.05) is 12.1 Å². The summed E-state index contributed by atoms with van der Waals surface area (Å²) in [6, 6.07) is 13.9. The summed E-state index contributed by atoms with van der Waals surface area (Å²) >= 11 is 0. The van der Waals surface area contributed by atoms with Gasteiger partial charge in [-0.2, -0.15) is 0 Å². The Bertz CT molecular complexity index is 1270. The largest absolute Gasteiger partial charge is 0.507 e. The quantitative estimate of drug-likeness (QED) is 0.366. The van der Waals surface area contributed by atoms with Gasteiger partial charge in [0.2, 0.25) is 5.89 Å². The minimum Gasteiger partial charge on any atom is -0.507 e. The molecule has 150 valence electrons. The molecule has 8 heteroatoms. The monoisotopic (exact) mass is 403 g/mol. The number of benzene rings is 3. The number of anilines is 1. The summed E-state index contributed by atoms with van der Waals surface area (Å²) in [5.74, 6) is -0.540. The maximum atomic E-state index is 12.5. The van der Waals surface area contributed by atoms with E-state index in [2.05, 4.69) is 10.3 Å². The SMILES string of the molecule is Cc1cc2nc(-c3ccc(NC(=O)c4ccccc4[N+](=O)[O-])cc3O)oc2cc1C. The zero-order valence-electron chi connectivity index (χ0n) is 16.2. The number of amides is 1. The van der Waals surface area contributed by atoms with Gasteiger partial charge in [0.15, 0.2) is 5.58 Å². The first kappa shape index (κ1) is 19.1. The van der Waals surface area contributed by atoms with Crippen LogP contribution in [0, 0.1) is 24.0 Å². The number of oxazole rings is 1. The molecule has 1 aromatic heterocycles. The second-order valence-electron chi connectivity index (χ2n) is 6.88. The van der Waals surface area contributed by atoms with Crippen molar-refractivity contribution >= 4 is 28.4 Å². The number of nitro groups is 1. The molecule has 3 aromatic carbocycles. The number of fused-ring (bicyclic) bond motifs is 1. The average Bonchev–Trinajstić information content (AvgIpc) is 3.10. The van der Waals surface area contributed by atoms with Gasteiger partial charge in [0, 0.05) is 17.8 Å². The van der Waals surface area contributed by atoms with Crippen molar-refractivity contribution in [3.05, 3.63) is 81.4 Å². The van der Waals surface area contributed by atoms with Crippen LogP contribution in [0.15, 0.2) is 59.0 Å². The van der Waals surface area contributed by atoms with Crippen molar-refractivity contribution in [3.8, 4) is 17.2 Å². The highest BCUT2D eigenvalue weighted by molar-refractivity contribution is 6.07. The Labute approximate surface area is 170 Å². The zero-order chi connectivity index (χ0) is 21.4. The summed E-state index contributed by atoms with van der Waals surface area (Å²) in [5.41, 5.74) is 3.72. The number of phenolic OH excluding ortho intramolecular Hbond substituents is 1. The number of nitrogens with one attached hydrogen (secondary N) is 1. The lowest BCUT2D eigenvalue weighted by atomic mass is 10.1. The number of hydrogen-bond donors (Lipinski definition) is 2. The molecule has 0 aliphatic rings. The third kappa shape index (κ3) is 3.46. The molecule has 0 saturated heterocycles. The minimum atomic E-state index is -0.651. The summed E-state index contributed by atoms with van der Waals surface area (Å²) in [6.07, 6.45) is 0. The predicted octanol–water partition coefficient (Wildman–Crippen LogP) is 4.98. The Morgan fingerprint density at radius 1 is 1.10 bits per heavy atom. The molecule has 0 radical (unpaired) electrons. The molecule has 2 N–H and O–H groups in total. The number of carbonyl (C=O) groups is 1. The lowest BCUT2D eigenvalue weighted by Gasteiger charge is -2.08. The highest BCUT2D eigenvalue weighted by Gasteiger charge is 2.20. The van der Waals surface area contributed by atoms with Crippen molar-refractivity contribution in [2.24, 2.45) is 0 Å². The standard InChI is InChI=1S/C22H17N3O5/c1-12-9-17-20(10-13(12)2)30-22(24-17)16-8-7-14(11-19(16)26)23-21(27)15-5-3-4-6-18(15)25(28)29/h3-11,26H,1-2H3,(H,23,27). The Hall–Kier alpha value is -4.20. The lowest BCUT2D eigenvalue weighted by Crippen LogP contribution is -2.13. The van der Waals surface area contributed by atoms with Gasteiger partial charge in [0.1, 0.15) is 16.8 Å². The van der Waals surface area contributed by atoms with Crippen molar-refractivity contribution in [2.45, 2.75) is 13.8 Å². The molecule has 0 saturated carbocycles. The third-order valence-corrected chi connectivity index (χ3v) is 4.84. The molecular weight excluding hydrogens is 386 g/mol. The fourth-order valence-electron chi connectivity index (χ4n) is 3.11. The molecule has 4 aromatic rings. The average molecular weight is 403 g/mol. The van der Waals surface area contributed by atoms with E-state index in [1.807, 2.05) is 26.0 Å². The summed E-state index contributed by atoms with van der Waals surface area (Å²) < 4.78 is 5.77. The summed E-state index contributed by atoms with van der Waals surface area (Å²) in [5, 5.41) is 24.1. The van der Waals surface area contributed by atoms with Crippen LogP contribution >= 0.6 is 0 Å². The molecule has 30 heavy (non-hydrogen) atoms. The topological polar surface area (TPSA) is 118 Å². The normalized spacial score (nSPS) is 10.9. The number of carbonyl (C=O) groups excluding carboxylic acids is 1. The van der Waals surface area contributed by atoms with Gasteiger partial charge in [-0.3, -0.25) is 14.9 Å². The van der Waals surface area contributed by atoms with E-state index in [0.29, 0.717) is 16.7 Å². The molecule has 0 atom stereocenters. The Morgan fingerprint density at radius 2 is 1.83 bits per heavy atom. The van der Waals surface area contributed by atoms with Crippen LogP contribution in [-0.4, -0.2) is 20.9 Å². The van der Waals surface area contributed by atoms with Gasteiger partial charge in [-0.25, -0.2) is 4.98 Å². The smallest absolute Gasteiger partial charge is 0.282 e. The molecule has 1 amide bonds. The van der Waals surface area contributed by atoms with Crippen molar-refractivity contribution in [2.75, 3.05) is 5.32 Å². The maximum Gasteiger partial charge on any atom is 0.282 e. The number of para-hydroxylation sites is 1. The molecule has 0 unspecified atom stereocenters. The van der Waals surface area contributed by atoms with Gasteiger partial charge in [-0.05, 0) is 55.3 Å². The van der Waals surface area contributed by atoms with E-state index in [4.69, 9.17) is 4.42 Å². The van der Waals surface area contributed by atoms with Crippen LogP contribution in [0.2, 0.25) is 0 Å². The van der Waals surface area contributed by atoms with E-state index in [9.17, 15) is 20.0 Å². The van der Waals surface area contributed by atoms with Gasteiger partial charge >= 0.3 is 0 Å². The van der Waals surface area contributed by atoms with E-state index in [-0.39, 0.29) is 28.6 Å². The molecule has 0 spiro atoms. The highest BCUT2D eigenvalue weighted by atomic mass is 16.6. The van der Waals surface area contributed by atoms with Crippen molar-refractivity contribution < 1.29 is 19.2 Å². The van der Waals surface area contributed by atoms with Crippen LogP contribution in [0.3, 0.4) is 0 Å². The number of aromatic nitrogens is 1. The second-order valence-corrected chi connectivity index (χ2v) is 6.88. The van der Waals surface area contributed by atoms with Gasteiger partial charge in [-0.15, -0.1) is 0 Å². The number of aromatic hydroxyl groups is 1. The second kappa shape index (κ2) is 7.32. The molecule has 1 heterocycles. The van der Waals surface area contributed by atoms with E-state index < -0.39 is 10.8 Å². The number of hydrogen-bond acceptors (Lipinski definition) is 6. The summed E-state index contributed by atoms with van der Waals surface area (Å²) in [7, 11) is 0. The summed E-state index contributed by atoms with van der Waals surface area (Å²) in [4.78, 5) is 27.4. The van der Waals surface area contributed by atoms with Gasteiger partial charge in [0.25, 0.3) is 11.6 Å². The van der Waals surface area contributed by atoms with Crippen LogP contribution < -0.4 is 5.32 Å². The highest BCUT2D eigenvalue weighted by Crippen LogP contribution is 2.34. The maximum absolute atomic E-state index is 12.5. The van der Waals surface area contributed by atoms with E-state index in [1.165, 1.54) is 24.3 Å². The van der Waals surface area contributed by atoms with Crippen molar-refractivity contribution in [1.29, 1.82) is 0 Å². The lowest BCUT2D eigenvalue weighted by molar-refractivity contribution is -0.385. The number of nitrogens with zero attached hydrogens (tertiary/aromatic N) is 2. The van der Waals surface area contributed by atoms with Crippen LogP contribution in [0.1, 0.15) is 21.5 Å². The van der Waals surface area contributed by atoms with Crippen LogP contribution in [-0.2, 0) is 0 Å². The minimum absolute atomic E-state index is 0.0734. The molecule has 8 nitrogen and oxygen atoms in total. The molecule has 0 fully saturated rings. The van der Waals surface area contributed by atoms with Crippen LogP contribution in [0.25, 0.3) is 22.6 Å². The van der Waals surface area contributed by atoms with Gasteiger partial charge < -0.3 is 14.8 Å². The first-order valence-electron chi connectivity index (χ1n) is 9.09. The summed E-state index contributed by atoms with van der Waals surface area (Å²) in [6.45, 7) is 3.96. The Kier molecular flexibility index (Phi) is 4.67. The number of nitro benzene ring substituents is 1.